The molecule has 1 saturated heterocycles. The summed E-state index contributed by atoms with van der Waals surface area (Å²) in [5, 5.41) is 0. The van der Waals surface area contributed by atoms with Gasteiger partial charge in [0.1, 0.15) is 5.60 Å². The molecule has 1 saturated carbocycles. The highest BCUT2D eigenvalue weighted by atomic mass is 32.2. The summed E-state index contributed by atoms with van der Waals surface area (Å²) >= 11 is 0. The van der Waals surface area contributed by atoms with E-state index in [-0.39, 0.29) is 20.7 Å². The largest absolute Gasteiger partial charge is 0.444 e. The van der Waals surface area contributed by atoms with Crippen molar-refractivity contribution in [2.24, 2.45) is 0 Å². The molecule has 206 valence electrons. The molecular weight excluding hydrogens is 524 g/mol. The van der Waals surface area contributed by atoms with E-state index >= 15 is 0 Å². The number of nitrogens with zero attached hydrogens (tertiary/aromatic N) is 1. The zero-order chi connectivity index (χ0) is 27.5. The van der Waals surface area contributed by atoms with Gasteiger partial charge in [0.25, 0.3) is 0 Å². The van der Waals surface area contributed by atoms with Gasteiger partial charge < -0.3 is 9.64 Å². The van der Waals surface area contributed by atoms with Crippen LogP contribution in [0.4, 0.5) is 4.79 Å². The summed E-state index contributed by atoms with van der Waals surface area (Å²) in [6.45, 7) is 7.90. The third kappa shape index (κ3) is 4.64. The van der Waals surface area contributed by atoms with Crippen LogP contribution in [-0.2, 0) is 30.0 Å². The molecule has 1 amide bonds. The van der Waals surface area contributed by atoms with Gasteiger partial charge in [-0.25, -0.2) is 26.4 Å². The smallest absolute Gasteiger partial charge is 0.410 e. The summed E-state index contributed by atoms with van der Waals surface area (Å²) in [5.74, 6) is 0. The van der Waals surface area contributed by atoms with Gasteiger partial charge in [-0.15, -0.1) is 0 Å². The Morgan fingerprint density at radius 3 is 2.29 bits per heavy atom. The third-order valence-electron chi connectivity index (χ3n) is 7.99. The zero-order valence-corrected chi connectivity index (χ0v) is 24.0. The third-order valence-corrected chi connectivity index (χ3v) is 11.5. The Labute approximate surface area is 225 Å². The molecule has 0 aromatic heterocycles. The number of likely N-dealkylation sites (tertiary alicyclic amines) is 1. The minimum atomic E-state index is -4.00. The van der Waals surface area contributed by atoms with E-state index in [1.807, 2.05) is 12.1 Å². The molecule has 38 heavy (non-hydrogen) atoms. The molecule has 1 N–H and O–H groups in total. The zero-order valence-electron chi connectivity index (χ0n) is 22.4. The first-order chi connectivity index (χ1) is 17.7. The van der Waals surface area contributed by atoms with E-state index < -0.39 is 37.0 Å². The maximum absolute atomic E-state index is 13.8. The predicted molar refractivity (Wildman–Crippen MR) is 143 cm³/mol. The second-order valence-electron chi connectivity index (χ2n) is 11.8. The van der Waals surface area contributed by atoms with Gasteiger partial charge in [-0.3, -0.25) is 0 Å². The number of amides is 1. The van der Waals surface area contributed by atoms with E-state index in [0.29, 0.717) is 31.5 Å². The summed E-state index contributed by atoms with van der Waals surface area (Å²) in [6.07, 6.45) is 4.15. The topological polar surface area (TPSA) is 110 Å². The fourth-order valence-electron chi connectivity index (χ4n) is 6.22. The Morgan fingerprint density at radius 1 is 1.03 bits per heavy atom. The number of sulfone groups is 1. The molecule has 3 aliphatic rings. The molecule has 8 nitrogen and oxygen atoms in total. The van der Waals surface area contributed by atoms with Crippen molar-refractivity contribution < 1.29 is 26.4 Å². The highest BCUT2D eigenvalue weighted by molar-refractivity contribution is 7.92. The second-order valence-corrected chi connectivity index (χ2v) is 15.3. The van der Waals surface area contributed by atoms with Crippen LogP contribution in [0.3, 0.4) is 0 Å². The molecule has 0 radical (unpaired) electrons. The Kier molecular flexibility index (Phi) is 6.68. The van der Waals surface area contributed by atoms with Crippen molar-refractivity contribution in [3.05, 3.63) is 53.1 Å². The van der Waals surface area contributed by atoms with Crippen molar-refractivity contribution in [2.75, 3.05) is 13.1 Å². The maximum Gasteiger partial charge on any atom is 0.410 e. The summed E-state index contributed by atoms with van der Waals surface area (Å²) in [4.78, 5) is 14.3. The van der Waals surface area contributed by atoms with Crippen LogP contribution in [-0.4, -0.2) is 52.6 Å². The lowest BCUT2D eigenvalue weighted by atomic mass is 9.72. The molecule has 1 aliphatic carbocycles. The van der Waals surface area contributed by atoms with Gasteiger partial charge in [0.05, 0.1) is 14.7 Å². The molecule has 2 aliphatic heterocycles. The number of carbonyl (C=O) groups excluding carboxylic acids is 1. The Hall–Kier alpha value is -2.43. The number of fused-ring (bicyclic) bond motifs is 4. The van der Waals surface area contributed by atoms with Crippen LogP contribution < -0.4 is 4.72 Å². The van der Waals surface area contributed by atoms with E-state index in [0.717, 1.165) is 36.8 Å². The van der Waals surface area contributed by atoms with Crippen molar-refractivity contribution in [3.63, 3.8) is 0 Å². The minimum Gasteiger partial charge on any atom is -0.444 e. The van der Waals surface area contributed by atoms with Crippen LogP contribution in [0.15, 0.2) is 51.1 Å². The molecular formula is C28H36N2O6S2. The molecule has 5 rings (SSSR count). The monoisotopic (exact) mass is 560 g/mol. The molecule has 2 fully saturated rings. The number of sulfonamides is 1. The average molecular weight is 561 g/mol. The molecule has 10 heteroatoms. The number of hydrogen-bond donors (Lipinski definition) is 1. The van der Waals surface area contributed by atoms with Crippen molar-refractivity contribution in [1.29, 1.82) is 0 Å². The van der Waals surface area contributed by atoms with Gasteiger partial charge in [0.15, 0.2) is 0 Å². The van der Waals surface area contributed by atoms with Gasteiger partial charge in [-0.05, 0) is 82.2 Å². The number of piperidine rings is 1. The Bertz CT molecular complexity index is 1480. The van der Waals surface area contributed by atoms with E-state index in [9.17, 15) is 21.6 Å². The summed E-state index contributed by atoms with van der Waals surface area (Å²) in [5.41, 5.74) is 1.07. The van der Waals surface area contributed by atoms with E-state index in [2.05, 4.69) is 4.72 Å². The van der Waals surface area contributed by atoms with Crippen LogP contribution in [0.25, 0.3) is 0 Å². The first kappa shape index (κ1) is 27.1. The number of ether oxygens (including phenoxy) is 1. The molecule has 0 atom stereocenters. The summed E-state index contributed by atoms with van der Waals surface area (Å²) < 4.78 is 62.8. The number of rotatable bonds is 3. The van der Waals surface area contributed by atoms with E-state index in [1.165, 1.54) is 6.07 Å². The van der Waals surface area contributed by atoms with E-state index in [1.54, 1.807) is 50.8 Å². The summed E-state index contributed by atoms with van der Waals surface area (Å²) in [7, 11) is -7.88. The normalized spacial score (nSPS) is 20.7. The van der Waals surface area contributed by atoms with Crippen molar-refractivity contribution in [3.8, 4) is 0 Å². The average Bonchev–Trinajstić information content (AvgIpc) is 3.33. The molecule has 2 aromatic rings. The van der Waals surface area contributed by atoms with Gasteiger partial charge in [0.2, 0.25) is 19.9 Å². The highest BCUT2D eigenvalue weighted by Gasteiger charge is 2.48. The second kappa shape index (κ2) is 9.34. The number of hydrogen-bond acceptors (Lipinski definition) is 6. The fraction of sp³-hybridized carbons (Fsp3) is 0.536. The predicted octanol–water partition coefficient (Wildman–Crippen LogP) is 4.68. The Morgan fingerprint density at radius 2 is 1.66 bits per heavy atom. The van der Waals surface area contributed by atoms with Crippen molar-refractivity contribution in [1.82, 2.24) is 9.62 Å². The van der Waals surface area contributed by atoms with Crippen LogP contribution in [0, 0.1) is 6.92 Å². The number of nitrogens with one attached hydrogen (secondary N) is 1. The Balaban J connectivity index is 1.44. The molecule has 2 heterocycles. The van der Waals surface area contributed by atoms with Crippen molar-refractivity contribution in [2.45, 2.75) is 98.0 Å². The van der Waals surface area contributed by atoms with Crippen LogP contribution >= 0.6 is 0 Å². The first-order valence-electron chi connectivity index (χ1n) is 13.2. The fourth-order valence-corrected chi connectivity index (χ4v) is 9.72. The van der Waals surface area contributed by atoms with Crippen LogP contribution in [0.5, 0.6) is 0 Å². The van der Waals surface area contributed by atoms with Gasteiger partial charge in [-0.1, -0.05) is 37.1 Å². The molecule has 1 spiro atoms. The minimum absolute atomic E-state index is 0.0121. The number of carbonyl (C=O) groups is 1. The SMILES string of the molecule is Cc1cc2c(cc1S(=O)(=O)NC1CCN(C(=O)OC(C)(C)C)CC1)S(=O)(=O)c1ccccc1C21CCCC1. The standard InChI is InChI=1S/C28H36N2O6S2/c1-19-17-22-25(37(32,33)23-10-6-5-9-21(23)28(22)13-7-8-14-28)18-24(19)38(34,35)29-20-11-15-30(16-12-20)26(31)36-27(2,3)4/h5-6,9-10,17-18,20,29H,7-8,11-16H2,1-4H3. The maximum atomic E-state index is 13.8. The lowest BCUT2D eigenvalue weighted by molar-refractivity contribution is 0.0203. The van der Waals surface area contributed by atoms with Crippen LogP contribution in [0.1, 0.15) is 76.0 Å². The van der Waals surface area contributed by atoms with Gasteiger partial charge >= 0.3 is 6.09 Å². The quantitative estimate of drug-likeness (QED) is 0.584. The highest BCUT2D eigenvalue weighted by Crippen LogP contribution is 2.54. The van der Waals surface area contributed by atoms with E-state index in [4.69, 9.17) is 4.74 Å². The summed E-state index contributed by atoms with van der Waals surface area (Å²) in [6, 6.07) is 9.93. The number of benzene rings is 2. The van der Waals surface area contributed by atoms with Crippen LogP contribution in [0.2, 0.25) is 0 Å². The molecule has 0 bridgehead atoms. The van der Waals surface area contributed by atoms with Crippen molar-refractivity contribution >= 4 is 26.0 Å². The molecule has 0 unspecified atom stereocenters. The van der Waals surface area contributed by atoms with Gasteiger partial charge in [0, 0.05) is 24.5 Å². The van der Waals surface area contributed by atoms with Gasteiger partial charge in [-0.2, -0.15) is 0 Å². The molecule has 2 aromatic carbocycles. The lowest BCUT2D eigenvalue weighted by Crippen LogP contribution is -2.47. The lowest BCUT2D eigenvalue weighted by Gasteiger charge is -2.38. The first-order valence-corrected chi connectivity index (χ1v) is 16.2. The number of aryl methyl sites for hydroxylation is 1.